The molecule has 2 aromatic heterocycles. The number of benzene rings is 8. The van der Waals surface area contributed by atoms with Gasteiger partial charge in [-0.05, 0) is 76.9 Å². The molecule has 0 saturated heterocycles. The summed E-state index contributed by atoms with van der Waals surface area (Å²) in [6.45, 7) is 0. The molecule has 8 aromatic carbocycles. The van der Waals surface area contributed by atoms with E-state index in [1.165, 1.54) is 75.6 Å². The molecular weight excluding hydrogens is 637 g/mol. The Balaban J connectivity index is 1.28. The molecule has 0 aliphatic heterocycles. The number of aromatic nitrogens is 1. The molecule has 0 saturated carbocycles. The summed E-state index contributed by atoms with van der Waals surface area (Å²) in [5, 5.41) is 5.03. The Hall–Kier alpha value is -6.42. The summed E-state index contributed by atoms with van der Waals surface area (Å²) in [5.74, 6) is 0. The highest BCUT2D eigenvalue weighted by molar-refractivity contribution is 7.26. The normalized spacial score (nSPS) is 11.5. The molecule has 10 rings (SSSR count). The Morgan fingerprint density at radius 1 is 0.412 bits per heavy atom. The Morgan fingerprint density at radius 2 is 0.902 bits per heavy atom. The Kier molecular flexibility index (Phi) is 7.04. The number of thiophene rings is 1. The van der Waals surface area contributed by atoms with Crippen molar-refractivity contribution < 1.29 is 0 Å². The highest BCUT2D eigenvalue weighted by atomic mass is 32.1. The quantitative estimate of drug-likeness (QED) is 0.171. The van der Waals surface area contributed by atoms with Crippen molar-refractivity contribution in [2.75, 3.05) is 4.90 Å². The number of hydrogen-bond donors (Lipinski definition) is 0. The van der Waals surface area contributed by atoms with E-state index in [4.69, 9.17) is 0 Å². The van der Waals surface area contributed by atoms with Crippen LogP contribution in [0.5, 0.6) is 0 Å². The fourth-order valence-corrected chi connectivity index (χ4v) is 8.89. The van der Waals surface area contributed by atoms with Gasteiger partial charge in [0, 0.05) is 43.3 Å². The first-order chi connectivity index (χ1) is 25.3. The molecule has 0 bridgehead atoms. The summed E-state index contributed by atoms with van der Waals surface area (Å²) >= 11 is 1.89. The van der Waals surface area contributed by atoms with Gasteiger partial charge >= 0.3 is 0 Å². The number of anilines is 3. The monoisotopic (exact) mass is 668 g/mol. The molecule has 0 radical (unpaired) electrons. The first kappa shape index (κ1) is 29.5. The maximum Gasteiger partial charge on any atom is 0.0721 e. The van der Waals surface area contributed by atoms with Gasteiger partial charge in [0.15, 0.2) is 0 Å². The summed E-state index contributed by atoms with van der Waals surface area (Å²) in [4.78, 5) is 2.46. The SMILES string of the molecule is c1ccc(-c2ccc(N(c3ccc(-c4ccccc4)cc3)c3cc4c5ccccc5n(-c5ccccc5)c4c4sc5ccccc5c34)cc2)cc1. The third-order valence-electron chi connectivity index (χ3n) is 9.98. The van der Waals surface area contributed by atoms with Gasteiger partial charge in [-0.3, -0.25) is 0 Å². The van der Waals surface area contributed by atoms with Gasteiger partial charge in [-0.1, -0.05) is 140 Å². The van der Waals surface area contributed by atoms with Gasteiger partial charge in [-0.15, -0.1) is 11.3 Å². The second-order valence-electron chi connectivity index (χ2n) is 12.9. The van der Waals surface area contributed by atoms with Crippen molar-refractivity contribution in [3.63, 3.8) is 0 Å². The van der Waals surface area contributed by atoms with E-state index in [1.807, 2.05) is 11.3 Å². The lowest BCUT2D eigenvalue weighted by Crippen LogP contribution is -2.10. The van der Waals surface area contributed by atoms with Crippen molar-refractivity contribution >= 4 is 70.4 Å². The van der Waals surface area contributed by atoms with Crippen LogP contribution in [0.4, 0.5) is 17.1 Å². The van der Waals surface area contributed by atoms with E-state index >= 15 is 0 Å². The van der Waals surface area contributed by atoms with E-state index in [0.717, 1.165) is 11.4 Å². The fraction of sp³-hybridized carbons (Fsp3) is 0. The van der Waals surface area contributed by atoms with Crippen LogP contribution in [0.2, 0.25) is 0 Å². The number of fused-ring (bicyclic) bond motifs is 7. The van der Waals surface area contributed by atoms with Gasteiger partial charge in [0.25, 0.3) is 0 Å². The van der Waals surface area contributed by atoms with E-state index in [2.05, 4.69) is 204 Å². The van der Waals surface area contributed by atoms with Crippen molar-refractivity contribution in [3.05, 3.63) is 194 Å². The lowest BCUT2D eigenvalue weighted by Gasteiger charge is -2.27. The zero-order valence-electron chi connectivity index (χ0n) is 27.8. The van der Waals surface area contributed by atoms with Crippen LogP contribution < -0.4 is 4.90 Å². The van der Waals surface area contributed by atoms with Gasteiger partial charge < -0.3 is 9.47 Å². The van der Waals surface area contributed by atoms with Crippen LogP contribution in [-0.2, 0) is 0 Å². The smallest absolute Gasteiger partial charge is 0.0721 e. The second kappa shape index (κ2) is 12.2. The lowest BCUT2D eigenvalue weighted by molar-refractivity contribution is 1.19. The molecule has 2 heterocycles. The van der Waals surface area contributed by atoms with Gasteiger partial charge in [-0.25, -0.2) is 0 Å². The fourth-order valence-electron chi connectivity index (χ4n) is 7.63. The van der Waals surface area contributed by atoms with E-state index in [9.17, 15) is 0 Å². The third kappa shape index (κ3) is 4.93. The molecule has 0 N–H and O–H groups in total. The molecular formula is C48H32N2S. The third-order valence-corrected chi connectivity index (χ3v) is 11.2. The molecule has 2 nitrogen and oxygen atoms in total. The first-order valence-corrected chi connectivity index (χ1v) is 18.2. The predicted octanol–water partition coefficient (Wildman–Crippen LogP) is 14.0. The lowest BCUT2D eigenvalue weighted by atomic mass is 10.0. The number of rotatable bonds is 6. The highest BCUT2D eigenvalue weighted by Crippen LogP contribution is 2.50. The summed E-state index contributed by atoms with van der Waals surface area (Å²) in [6, 6.07) is 70.2. The van der Waals surface area contributed by atoms with Crippen LogP contribution in [0, 0.1) is 0 Å². The average molecular weight is 669 g/mol. The number of nitrogens with zero attached hydrogens (tertiary/aromatic N) is 2. The molecule has 3 heteroatoms. The second-order valence-corrected chi connectivity index (χ2v) is 14.0. The van der Waals surface area contributed by atoms with E-state index < -0.39 is 0 Å². The van der Waals surface area contributed by atoms with Gasteiger partial charge in [0.05, 0.1) is 21.4 Å². The molecule has 51 heavy (non-hydrogen) atoms. The van der Waals surface area contributed by atoms with Crippen molar-refractivity contribution in [1.82, 2.24) is 4.57 Å². The molecule has 0 spiro atoms. The molecule has 0 aliphatic rings. The zero-order valence-corrected chi connectivity index (χ0v) is 28.6. The summed E-state index contributed by atoms with van der Waals surface area (Å²) in [5.41, 5.74) is 11.9. The van der Waals surface area contributed by atoms with E-state index in [0.29, 0.717) is 0 Å². The maximum absolute atomic E-state index is 2.46. The Labute approximate surface area is 300 Å². The minimum absolute atomic E-state index is 1.12. The Bertz CT molecular complexity index is 2730. The largest absolute Gasteiger partial charge is 0.310 e. The van der Waals surface area contributed by atoms with Gasteiger partial charge in [-0.2, -0.15) is 0 Å². The molecule has 0 amide bonds. The van der Waals surface area contributed by atoms with Crippen molar-refractivity contribution in [1.29, 1.82) is 0 Å². The molecule has 0 aliphatic carbocycles. The van der Waals surface area contributed by atoms with Crippen molar-refractivity contribution in [2.45, 2.75) is 0 Å². The van der Waals surface area contributed by atoms with Crippen LogP contribution in [-0.4, -0.2) is 4.57 Å². The van der Waals surface area contributed by atoms with Crippen molar-refractivity contribution in [3.8, 4) is 27.9 Å². The average Bonchev–Trinajstić information content (AvgIpc) is 3.76. The summed E-state index contributed by atoms with van der Waals surface area (Å²) < 4.78 is 5.03. The molecule has 240 valence electrons. The standard InChI is InChI=1S/C48H32N2S/c1-4-14-33(15-5-1)35-24-28-38(29-25-35)49(39-30-26-36(27-31-39)34-16-6-2-7-17-34)44-32-42-40-20-10-12-22-43(40)50(37-18-8-3-9-19-37)47(42)48-46(44)41-21-11-13-23-45(41)51-48/h1-32H. The maximum atomic E-state index is 2.46. The number of para-hydroxylation sites is 2. The number of hydrogen-bond acceptors (Lipinski definition) is 2. The van der Waals surface area contributed by atoms with Crippen LogP contribution in [0.15, 0.2) is 194 Å². The van der Waals surface area contributed by atoms with Crippen LogP contribution in [0.3, 0.4) is 0 Å². The van der Waals surface area contributed by atoms with Crippen LogP contribution in [0.25, 0.3) is 69.9 Å². The van der Waals surface area contributed by atoms with Crippen LogP contribution in [0.1, 0.15) is 0 Å². The summed E-state index contributed by atoms with van der Waals surface area (Å²) in [6.07, 6.45) is 0. The molecule has 0 fully saturated rings. The molecule has 0 unspecified atom stereocenters. The van der Waals surface area contributed by atoms with Crippen molar-refractivity contribution in [2.24, 2.45) is 0 Å². The molecule has 10 aromatic rings. The predicted molar refractivity (Wildman–Crippen MR) is 219 cm³/mol. The van der Waals surface area contributed by atoms with E-state index in [-0.39, 0.29) is 0 Å². The zero-order chi connectivity index (χ0) is 33.7. The minimum Gasteiger partial charge on any atom is -0.310 e. The first-order valence-electron chi connectivity index (χ1n) is 17.4. The van der Waals surface area contributed by atoms with Gasteiger partial charge in [0.1, 0.15) is 0 Å². The molecule has 0 atom stereocenters. The van der Waals surface area contributed by atoms with Gasteiger partial charge in [0.2, 0.25) is 0 Å². The Morgan fingerprint density at radius 3 is 1.51 bits per heavy atom. The highest BCUT2D eigenvalue weighted by Gasteiger charge is 2.24. The minimum atomic E-state index is 1.12. The van der Waals surface area contributed by atoms with Crippen LogP contribution >= 0.6 is 11.3 Å². The topological polar surface area (TPSA) is 8.17 Å². The van der Waals surface area contributed by atoms with E-state index in [1.54, 1.807) is 0 Å². The summed E-state index contributed by atoms with van der Waals surface area (Å²) in [7, 11) is 0.